The van der Waals surface area contributed by atoms with Crippen LogP contribution in [-0.2, 0) is 0 Å². The van der Waals surface area contributed by atoms with Crippen LogP contribution in [0.4, 0.5) is 25.8 Å². The first-order valence-electron chi connectivity index (χ1n) is 5.15. The Balaban J connectivity index is 2.38. The molecule has 2 aromatic rings. The Morgan fingerprint density at radius 3 is 2.59 bits per heavy atom. The predicted molar refractivity (Wildman–Crippen MR) is 65.2 cm³/mol. The molecule has 0 bridgehead atoms. The van der Waals surface area contributed by atoms with Crippen molar-refractivity contribution < 1.29 is 8.78 Å². The molecule has 0 heterocycles. The van der Waals surface area contributed by atoms with Crippen molar-refractivity contribution in [3.05, 3.63) is 53.6 Å². The summed E-state index contributed by atoms with van der Waals surface area (Å²) >= 11 is 0. The molecule has 0 unspecified atom stereocenters. The molecule has 0 saturated heterocycles. The summed E-state index contributed by atoms with van der Waals surface area (Å²) in [6.07, 6.45) is 0. The Morgan fingerprint density at radius 1 is 1.06 bits per heavy atom. The van der Waals surface area contributed by atoms with Crippen molar-refractivity contribution in [2.75, 3.05) is 11.1 Å². The zero-order valence-electron chi connectivity index (χ0n) is 9.30. The summed E-state index contributed by atoms with van der Waals surface area (Å²) in [6, 6.07) is 8.88. The molecule has 2 aromatic carbocycles. The van der Waals surface area contributed by atoms with Crippen LogP contribution in [0.15, 0.2) is 36.4 Å². The van der Waals surface area contributed by atoms with Crippen LogP contribution in [0.25, 0.3) is 0 Å². The minimum Gasteiger partial charge on any atom is -0.397 e. The van der Waals surface area contributed by atoms with Crippen LogP contribution in [-0.4, -0.2) is 0 Å². The molecule has 0 radical (unpaired) electrons. The summed E-state index contributed by atoms with van der Waals surface area (Å²) in [7, 11) is 0. The molecule has 0 aliphatic carbocycles. The fourth-order valence-corrected chi connectivity index (χ4v) is 1.53. The topological polar surface area (TPSA) is 38.0 Å². The van der Waals surface area contributed by atoms with Crippen molar-refractivity contribution in [1.29, 1.82) is 0 Å². The monoisotopic (exact) mass is 234 g/mol. The van der Waals surface area contributed by atoms with Crippen molar-refractivity contribution in [2.45, 2.75) is 6.92 Å². The van der Waals surface area contributed by atoms with Crippen LogP contribution >= 0.6 is 0 Å². The number of benzene rings is 2. The summed E-state index contributed by atoms with van der Waals surface area (Å²) < 4.78 is 26.8. The van der Waals surface area contributed by atoms with Gasteiger partial charge in [0, 0.05) is 0 Å². The largest absolute Gasteiger partial charge is 0.397 e. The maximum atomic E-state index is 13.7. The fourth-order valence-electron chi connectivity index (χ4n) is 1.53. The van der Waals surface area contributed by atoms with E-state index in [0.29, 0.717) is 16.9 Å². The third-order valence-electron chi connectivity index (χ3n) is 2.48. The lowest BCUT2D eigenvalue weighted by atomic mass is 10.2. The van der Waals surface area contributed by atoms with Crippen LogP contribution in [0.1, 0.15) is 5.56 Å². The van der Waals surface area contributed by atoms with Crippen molar-refractivity contribution in [3.63, 3.8) is 0 Å². The van der Waals surface area contributed by atoms with Crippen molar-refractivity contribution in [2.24, 2.45) is 0 Å². The first-order valence-corrected chi connectivity index (χ1v) is 5.15. The van der Waals surface area contributed by atoms with E-state index in [4.69, 9.17) is 5.73 Å². The Labute approximate surface area is 98.1 Å². The van der Waals surface area contributed by atoms with Gasteiger partial charge in [-0.1, -0.05) is 12.1 Å². The number of halogens is 2. The van der Waals surface area contributed by atoms with Crippen LogP contribution in [0.5, 0.6) is 0 Å². The third-order valence-corrected chi connectivity index (χ3v) is 2.48. The van der Waals surface area contributed by atoms with Gasteiger partial charge < -0.3 is 11.1 Å². The highest BCUT2D eigenvalue weighted by Gasteiger charge is 2.07. The standard InChI is InChI=1S/C13H12F2N2/c1-8-3-2-4-11(13(8)15)17-12-7-9(14)5-6-10(12)16/h2-7,17H,16H2,1H3. The minimum absolute atomic E-state index is 0.280. The number of nitrogen functional groups attached to an aromatic ring is 1. The summed E-state index contributed by atoms with van der Waals surface area (Å²) in [5.74, 6) is -0.786. The van der Waals surface area contributed by atoms with Gasteiger partial charge in [-0.3, -0.25) is 0 Å². The number of hydrogen-bond donors (Lipinski definition) is 2. The van der Waals surface area contributed by atoms with E-state index in [1.165, 1.54) is 18.2 Å². The number of nitrogens with two attached hydrogens (primary N) is 1. The fraction of sp³-hybridized carbons (Fsp3) is 0.0769. The van der Waals surface area contributed by atoms with Gasteiger partial charge in [-0.2, -0.15) is 0 Å². The molecule has 3 N–H and O–H groups in total. The first-order chi connectivity index (χ1) is 8.08. The zero-order valence-corrected chi connectivity index (χ0v) is 9.30. The molecule has 0 aromatic heterocycles. The van der Waals surface area contributed by atoms with Gasteiger partial charge in [-0.15, -0.1) is 0 Å². The smallest absolute Gasteiger partial charge is 0.149 e. The molecule has 0 fully saturated rings. The molecule has 4 heteroatoms. The highest BCUT2D eigenvalue weighted by Crippen LogP contribution is 2.26. The van der Waals surface area contributed by atoms with Gasteiger partial charge in [0.15, 0.2) is 0 Å². The molecule has 0 atom stereocenters. The third kappa shape index (κ3) is 2.36. The maximum Gasteiger partial charge on any atom is 0.149 e. The van der Waals surface area contributed by atoms with Crippen molar-refractivity contribution in [3.8, 4) is 0 Å². The zero-order chi connectivity index (χ0) is 12.4. The average molecular weight is 234 g/mol. The number of anilines is 3. The quantitative estimate of drug-likeness (QED) is 0.779. The number of rotatable bonds is 2. The predicted octanol–water partition coefficient (Wildman–Crippen LogP) is 3.60. The SMILES string of the molecule is Cc1cccc(Nc2cc(F)ccc2N)c1F. The highest BCUT2D eigenvalue weighted by molar-refractivity contribution is 5.72. The lowest BCUT2D eigenvalue weighted by molar-refractivity contribution is 0.621. The van der Waals surface area contributed by atoms with E-state index >= 15 is 0 Å². The van der Waals surface area contributed by atoms with Crippen LogP contribution in [0, 0.1) is 18.6 Å². The summed E-state index contributed by atoms with van der Waals surface area (Å²) in [6.45, 7) is 1.66. The van der Waals surface area contributed by atoms with Crippen LogP contribution in [0.2, 0.25) is 0 Å². The van der Waals surface area contributed by atoms with Crippen LogP contribution in [0.3, 0.4) is 0 Å². The lowest BCUT2D eigenvalue weighted by Crippen LogP contribution is -1.99. The van der Waals surface area contributed by atoms with E-state index < -0.39 is 5.82 Å². The molecule has 0 amide bonds. The van der Waals surface area contributed by atoms with E-state index in [1.807, 2.05) is 0 Å². The van der Waals surface area contributed by atoms with Gasteiger partial charge in [0.1, 0.15) is 11.6 Å². The van der Waals surface area contributed by atoms with E-state index in [-0.39, 0.29) is 11.5 Å². The summed E-state index contributed by atoms with van der Waals surface area (Å²) in [5, 5.41) is 2.78. The van der Waals surface area contributed by atoms with E-state index in [2.05, 4.69) is 5.32 Å². The summed E-state index contributed by atoms with van der Waals surface area (Å²) in [5.41, 5.74) is 7.20. The highest BCUT2D eigenvalue weighted by atomic mass is 19.1. The lowest BCUT2D eigenvalue weighted by Gasteiger charge is -2.11. The second kappa shape index (κ2) is 4.41. The molecular weight excluding hydrogens is 222 g/mol. The van der Waals surface area contributed by atoms with Crippen molar-refractivity contribution >= 4 is 17.1 Å². The normalized spacial score (nSPS) is 10.3. The Kier molecular flexibility index (Phi) is 2.95. The number of nitrogens with one attached hydrogen (secondary N) is 1. The second-order valence-electron chi connectivity index (χ2n) is 3.79. The van der Waals surface area contributed by atoms with Gasteiger partial charge in [0.05, 0.1) is 17.1 Å². The van der Waals surface area contributed by atoms with Gasteiger partial charge >= 0.3 is 0 Å². The van der Waals surface area contributed by atoms with Gasteiger partial charge in [-0.05, 0) is 36.8 Å². The molecule has 0 aliphatic rings. The number of hydrogen-bond acceptors (Lipinski definition) is 2. The molecule has 0 aliphatic heterocycles. The van der Waals surface area contributed by atoms with E-state index in [9.17, 15) is 8.78 Å². The maximum absolute atomic E-state index is 13.7. The van der Waals surface area contributed by atoms with Crippen molar-refractivity contribution in [1.82, 2.24) is 0 Å². The second-order valence-corrected chi connectivity index (χ2v) is 3.79. The summed E-state index contributed by atoms with van der Waals surface area (Å²) in [4.78, 5) is 0. The van der Waals surface area contributed by atoms with E-state index in [0.717, 1.165) is 0 Å². The Hall–Kier alpha value is -2.10. The number of aryl methyl sites for hydroxylation is 1. The molecule has 17 heavy (non-hydrogen) atoms. The van der Waals surface area contributed by atoms with Gasteiger partial charge in [0.2, 0.25) is 0 Å². The molecule has 2 rings (SSSR count). The van der Waals surface area contributed by atoms with E-state index in [1.54, 1.807) is 25.1 Å². The molecule has 0 saturated carbocycles. The molecule has 0 spiro atoms. The van der Waals surface area contributed by atoms with Crippen LogP contribution < -0.4 is 11.1 Å². The molecule has 88 valence electrons. The van der Waals surface area contributed by atoms with Gasteiger partial charge in [0.25, 0.3) is 0 Å². The first kappa shape index (κ1) is 11.4. The Bertz CT molecular complexity index is 553. The average Bonchev–Trinajstić information content (AvgIpc) is 2.30. The molecule has 2 nitrogen and oxygen atoms in total. The van der Waals surface area contributed by atoms with Gasteiger partial charge in [-0.25, -0.2) is 8.78 Å². The minimum atomic E-state index is -0.422. The Morgan fingerprint density at radius 2 is 1.82 bits per heavy atom. The molecular formula is C13H12F2N2.